The first kappa shape index (κ1) is 17.7. The van der Waals surface area contributed by atoms with E-state index in [0.717, 1.165) is 31.3 Å². The molecular formula is C17H25NO5S. The summed E-state index contributed by atoms with van der Waals surface area (Å²) in [5.74, 6) is 1.47. The monoisotopic (exact) mass is 355 g/mol. The Labute approximate surface area is 143 Å². The van der Waals surface area contributed by atoms with Crippen LogP contribution >= 0.6 is 0 Å². The molecule has 3 rings (SSSR count). The van der Waals surface area contributed by atoms with Crippen molar-refractivity contribution in [1.29, 1.82) is 0 Å². The van der Waals surface area contributed by atoms with Gasteiger partial charge in [0.1, 0.15) is 5.75 Å². The van der Waals surface area contributed by atoms with E-state index < -0.39 is 10.1 Å². The molecule has 0 amide bonds. The van der Waals surface area contributed by atoms with Gasteiger partial charge in [0.15, 0.2) is 0 Å². The molecule has 1 aromatic rings. The van der Waals surface area contributed by atoms with Crippen LogP contribution in [-0.2, 0) is 32.0 Å². The molecule has 24 heavy (non-hydrogen) atoms. The first-order chi connectivity index (χ1) is 11.4. The van der Waals surface area contributed by atoms with E-state index in [1.54, 1.807) is 14.2 Å². The highest BCUT2D eigenvalue weighted by atomic mass is 32.2. The fourth-order valence-electron chi connectivity index (χ4n) is 4.04. The van der Waals surface area contributed by atoms with Gasteiger partial charge in [-0.05, 0) is 48.3 Å². The maximum Gasteiger partial charge on any atom is 0.264 e. The van der Waals surface area contributed by atoms with Crippen molar-refractivity contribution in [3.05, 3.63) is 29.3 Å². The number of hydrogen-bond acceptors (Lipinski definition) is 6. The maximum atomic E-state index is 11.3. The highest BCUT2D eigenvalue weighted by Crippen LogP contribution is 2.40. The Morgan fingerprint density at radius 1 is 1.25 bits per heavy atom. The zero-order valence-electron chi connectivity index (χ0n) is 14.4. The van der Waals surface area contributed by atoms with Crippen LogP contribution in [0.25, 0.3) is 0 Å². The number of fused-ring (bicyclic) bond motifs is 2. The van der Waals surface area contributed by atoms with Crippen LogP contribution in [0, 0.1) is 11.8 Å². The Hall–Kier alpha value is -1.15. The van der Waals surface area contributed by atoms with Gasteiger partial charge in [-0.25, -0.2) is 0 Å². The van der Waals surface area contributed by atoms with Crippen molar-refractivity contribution in [2.45, 2.75) is 25.3 Å². The third-order valence-corrected chi connectivity index (χ3v) is 5.65. The summed E-state index contributed by atoms with van der Waals surface area (Å²) in [4.78, 5) is 5.59. The largest absolute Gasteiger partial charge is 0.496 e. The van der Waals surface area contributed by atoms with Crippen LogP contribution in [-0.4, -0.2) is 53.1 Å². The highest BCUT2D eigenvalue weighted by Gasteiger charge is 2.40. The van der Waals surface area contributed by atoms with Crippen molar-refractivity contribution < 1.29 is 22.2 Å². The number of hydroxylamine groups is 2. The summed E-state index contributed by atoms with van der Waals surface area (Å²) in [5.41, 5.74) is 2.57. The topological polar surface area (TPSA) is 65.1 Å². The fourth-order valence-corrected chi connectivity index (χ4v) is 4.48. The van der Waals surface area contributed by atoms with Gasteiger partial charge in [0, 0.05) is 12.6 Å². The van der Waals surface area contributed by atoms with E-state index in [4.69, 9.17) is 13.8 Å². The molecule has 0 aromatic heterocycles. The van der Waals surface area contributed by atoms with E-state index in [0.29, 0.717) is 18.5 Å². The Bertz CT molecular complexity index is 690. The normalized spacial score (nSPS) is 27.4. The Morgan fingerprint density at radius 3 is 2.71 bits per heavy atom. The Morgan fingerprint density at radius 2 is 2.04 bits per heavy atom. The smallest absolute Gasteiger partial charge is 0.264 e. The molecule has 6 nitrogen and oxygen atoms in total. The Balaban J connectivity index is 1.79. The van der Waals surface area contributed by atoms with Crippen LogP contribution in [0.4, 0.5) is 0 Å². The molecule has 1 aliphatic carbocycles. The summed E-state index contributed by atoms with van der Waals surface area (Å²) < 4.78 is 33.1. The van der Waals surface area contributed by atoms with Crippen LogP contribution in [0.5, 0.6) is 5.75 Å². The van der Waals surface area contributed by atoms with E-state index >= 15 is 0 Å². The number of ether oxygens (including phenoxy) is 1. The quantitative estimate of drug-likeness (QED) is 0.748. The molecule has 2 aliphatic rings. The first-order valence-electron chi connectivity index (χ1n) is 8.21. The van der Waals surface area contributed by atoms with Gasteiger partial charge in [0.05, 0.1) is 27.1 Å². The maximum absolute atomic E-state index is 11.3. The van der Waals surface area contributed by atoms with Gasteiger partial charge in [0.25, 0.3) is 10.1 Å². The van der Waals surface area contributed by atoms with Crippen molar-refractivity contribution in [2.75, 3.05) is 33.6 Å². The molecule has 1 aromatic carbocycles. The van der Waals surface area contributed by atoms with Crippen molar-refractivity contribution in [2.24, 2.45) is 11.8 Å². The number of hydrogen-bond donors (Lipinski definition) is 0. The lowest BCUT2D eigenvalue weighted by Gasteiger charge is -2.46. The summed E-state index contributed by atoms with van der Waals surface area (Å²) in [5, 5.41) is 1.99. The molecule has 134 valence electrons. The van der Waals surface area contributed by atoms with Crippen LogP contribution < -0.4 is 4.74 Å². The van der Waals surface area contributed by atoms with E-state index in [9.17, 15) is 8.42 Å². The summed E-state index contributed by atoms with van der Waals surface area (Å²) in [6.45, 7) is 0.896. The zero-order valence-corrected chi connectivity index (χ0v) is 15.2. The minimum Gasteiger partial charge on any atom is -0.496 e. The van der Waals surface area contributed by atoms with Crippen LogP contribution in [0.15, 0.2) is 18.2 Å². The average Bonchev–Trinajstić information content (AvgIpc) is 2.56. The minimum absolute atomic E-state index is 0.136. The molecule has 3 unspecified atom stereocenters. The standard InChI is InChI=1S/C17H25NO5S/c1-21-17-6-4-5-13-9-16-14(8-15(13)17)7-12(10-18(16)22-2)11-23-24(3,19)20/h4-6,12,14,16H,7-11H2,1-3H3. The molecule has 7 heteroatoms. The molecule has 0 saturated carbocycles. The number of piperidine rings is 1. The molecule has 1 heterocycles. The van der Waals surface area contributed by atoms with Gasteiger partial charge in [0.2, 0.25) is 0 Å². The molecule has 1 fully saturated rings. The van der Waals surface area contributed by atoms with Crippen LogP contribution in [0.1, 0.15) is 17.5 Å². The average molecular weight is 355 g/mol. The van der Waals surface area contributed by atoms with Gasteiger partial charge >= 0.3 is 0 Å². The molecule has 0 spiro atoms. The van der Waals surface area contributed by atoms with Gasteiger partial charge in [-0.15, -0.1) is 0 Å². The molecule has 1 aliphatic heterocycles. The van der Waals surface area contributed by atoms with Gasteiger partial charge in [-0.2, -0.15) is 13.5 Å². The summed E-state index contributed by atoms with van der Waals surface area (Å²) >= 11 is 0. The van der Waals surface area contributed by atoms with Crippen LogP contribution in [0.2, 0.25) is 0 Å². The number of rotatable bonds is 5. The van der Waals surface area contributed by atoms with Crippen molar-refractivity contribution in [1.82, 2.24) is 5.06 Å². The summed E-state index contributed by atoms with van der Waals surface area (Å²) in [7, 11) is -0.0360. The second-order valence-electron chi connectivity index (χ2n) is 6.71. The molecule has 0 N–H and O–H groups in total. The van der Waals surface area contributed by atoms with Gasteiger partial charge in [-0.1, -0.05) is 12.1 Å². The zero-order chi connectivity index (χ0) is 17.3. The second kappa shape index (κ2) is 7.00. The van der Waals surface area contributed by atoms with Gasteiger partial charge < -0.3 is 9.57 Å². The number of methoxy groups -OCH3 is 1. The SMILES string of the molecule is COc1cccc2c1CC1CC(COS(C)(=O)=O)CN(OC)C1C2. The lowest BCUT2D eigenvalue weighted by atomic mass is 9.73. The van der Waals surface area contributed by atoms with E-state index in [1.165, 1.54) is 11.1 Å². The predicted octanol–water partition coefficient (Wildman–Crippen LogP) is 1.64. The lowest BCUT2D eigenvalue weighted by Crippen LogP contribution is -2.52. The fraction of sp³-hybridized carbons (Fsp3) is 0.647. The molecule has 3 atom stereocenters. The molecule has 0 radical (unpaired) electrons. The highest BCUT2D eigenvalue weighted by molar-refractivity contribution is 7.85. The van der Waals surface area contributed by atoms with Crippen molar-refractivity contribution >= 4 is 10.1 Å². The molecule has 1 saturated heterocycles. The summed E-state index contributed by atoms with van der Waals surface area (Å²) in [6.07, 6.45) is 3.86. The lowest BCUT2D eigenvalue weighted by molar-refractivity contribution is -0.203. The van der Waals surface area contributed by atoms with Crippen LogP contribution in [0.3, 0.4) is 0 Å². The molecular weight excluding hydrogens is 330 g/mol. The summed E-state index contributed by atoms with van der Waals surface area (Å²) in [6, 6.07) is 6.49. The van der Waals surface area contributed by atoms with Crippen molar-refractivity contribution in [3.63, 3.8) is 0 Å². The van der Waals surface area contributed by atoms with Crippen molar-refractivity contribution in [3.8, 4) is 5.75 Å². The number of nitrogens with zero attached hydrogens (tertiary/aromatic N) is 1. The Kier molecular flexibility index (Phi) is 5.15. The van der Waals surface area contributed by atoms with E-state index in [2.05, 4.69) is 6.07 Å². The van der Waals surface area contributed by atoms with E-state index in [1.807, 2.05) is 17.2 Å². The van der Waals surface area contributed by atoms with Gasteiger partial charge in [-0.3, -0.25) is 4.18 Å². The first-order valence-corrected chi connectivity index (χ1v) is 10.0. The van der Waals surface area contributed by atoms with E-state index in [-0.39, 0.29) is 12.5 Å². The third-order valence-electron chi connectivity index (χ3n) is 5.09. The second-order valence-corrected chi connectivity index (χ2v) is 8.35. The minimum atomic E-state index is -3.42. The third kappa shape index (κ3) is 3.74. The number of benzene rings is 1. The molecule has 0 bridgehead atoms. The predicted molar refractivity (Wildman–Crippen MR) is 90.3 cm³/mol.